The number of nitrogens with zero attached hydrogens (tertiary/aromatic N) is 2. The number of nitriles is 1. The molecule has 0 saturated carbocycles. The third-order valence-electron chi connectivity index (χ3n) is 3.81. The van der Waals surface area contributed by atoms with Gasteiger partial charge in [-0.2, -0.15) is 5.26 Å². The van der Waals surface area contributed by atoms with Gasteiger partial charge in [0.15, 0.2) is 0 Å². The minimum Gasteiger partial charge on any atom is -0.487 e. The number of hydrogen-bond donors (Lipinski definition) is 1. The second-order valence-electron chi connectivity index (χ2n) is 5.94. The number of aryl methyl sites for hydroxylation is 1. The number of hydrogen-bond acceptors (Lipinski definition) is 5. The Kier molecular flexibility index (Phi) is 6.89. The molecule has 0 aliphatic carbocycles. The van der Waals surface area contributed by atoms with Crippen LogP contribution in [0.1, 0.15) is 16.3 Å². The molecule has 0 fully saturated rings. The van der Waals surface area contributed by atoms with Crippen LogP contribution in [0.15, 0.2) is 53.4 Å². The van der Waals surface area contributed by atoms with E-state index in [1.165, 1.54) is 6.08 Å². The summed E-state index contributed by atoms with van der Waals surface area (Å²) in [4.78, 5) is 16.8. The Morgan fingerprint density at radius 1 is 1.24 bits per heavy atom. The summed E-state index contributed by atoms with van der Waals surface area (Å²) in [6.07, 6.45) is 1.48. The van der Waals surface area contributed by atoms with Crippen molar-refractivity contribution in [2.24, 2.45) is 0 Å². The summed E-state index contributed by atoms with van der Waals surface area (Å²) in [5.41, 5.74) is 1.74. The highest BCUT2D eigenvalue weighted by Gasteiger charge is 2.14. The normalized spacial score (nSPS) is 11.0. The summed E-state index contributed by atoms with van der Waals surface area (Å²) in [6, 6.07) is 13.8. The SMILES string of the molecule is Cc1nc(COc2ccc(/C=C(\C#N)C(=O)Nc3c(Cl)cccc3Cl)cc2)cs1. The fourth-order valence-corrected chi connectivity index (χ4v) is 3.49. The fourth-order valence-electron chi connectivity index (χ4n) is 2.41. The van der Waals surface area contributed by atoms with Crippen LogP contribution < -0.4 is 10.1 Å². The molecule has 5 nitrogen and oxygen atoms in total. The molecule has 1 heterocycles. The molecule has 0 atom stereocenters. The van der Waals surface area contributed by atoms with Crippen molar-refractivity contribution in [2.45, 2.75) is 13.5 Å². The van der Waals surface area contributed by atoms with Gasteiger partial charge >= 0.3 is 0 Å². The quantitative estimate of drug-likeness (QED) is 0.380. The van der Waals surface area contributed by atoms with Crippen molar-refractivity contribution in [1.29, 1.82) is 5.26 Å². The molecule has 1 aromatic heterocycles. The Morgan fingerprint density at radius 3 is 2.52 bits per heavy atom. The van der Waals surface area contributed by atoms with Gasteiger partial charge in [-0.15, -0.1) is 11.3 Å². The fraction of sp³-hybridized carbons (Fsp3) is 0.0952. The molecule has 29 heavy (non-hydrogen) atoms. The molecule has 0 radical (unpaired) electrons. The minimum atomic E-state index is -0.596. The average molecular weight is 444 g/mol. The highest BCUT2D eigenvalue weighted by molar-refractivity contribution is 7.09. The summed E-state index contributed by atoms with van der Waals surface area (Å²) in [5.74, 6) is 0.0698. The Labute approximate surface area is 182 Å². The zero-order chi connectivity index (χ0) is 20.8. The van der Waals surface area contributed by atoms with Gasteiger partial charge in [-0.3, -0.25) is 4.79 Å². The maximum absolute atomic E-state index is 12.4. The maximum Gasteiger partial charge on any atom is 0.266 e. The number of amides is 1. The number of para-hydroxylation sites is 1. The summed E-state index contributed by atoms with van der Waals surface area (Å²) in [5, 5.41) is 15.5. The van der Waals surface area contributed by atoms with E-state index in [0.29, 0.717) is 28.0 Å². The van der Waals surface area contributed by atoms with E-state index in [9.17, 15) is 10.1 Å². The summed E-state index contributed by atoms with van der Waals surface area (Å²) in [6.45, 7) is 2.32. The predicted molar refractivity (Wildman–Crippen MR) is 116 cm³/mol. The van der Waals surface area contributed by atoms with Gasteiger partial charge < -0.3 is 10.1 Å². The molecule has 0 saturated heterocycles. The molecule has 0 aliphatic rings. The van der Waals surface area contributed by atoms with Gasteiger partial charge in [0.2, 0.25) is 0 Å². The molecular weight excluding hydrogens is 429 g/mol. The largest absolute Gasteiger partial charge is 0.487 e. The lowest BCUT2D eigenvalue weighted by atomic mass is 10.1. The number of carbonyl (C=O) groups excluding carboxylic acids is 1. The van der Waals surface area contributed by atoms with Crippen LogP contribution in [0.2, 0.25) is 10.0 Å². The van der Waals surface area contributed by atoms with E-state index in [1.807, 2.05) is 18.4 Å². The Morgan fingerprint density at radius 2 is 1.93 bits per heavy atom. The van der Waals surface area contributed by atoms with Crippen molar-refractivity contribution < 1.29 is 9.53 Å². The maximum atomic E-state index is 12.4. The number of benzene rings is 2. The highest BCUT2D eigenvalue weighted by atomic mass is 35.5. The van der Waals surface area contributed by atoms with E-state index in [0.717, 1.165) is 10.7 Å². The van der Waals surface area contributed by atoms with Crippen molar-refractivity contribution in [3.8, 4) is 11.8 Å². The van der Waals surface area contributed by atoms with Gasteiger partial charge in [-0.1, -0.05) is 41.4 Å². The summed E-state index contributed by atoms with van der Waals surface area (Å²) < 4.78 is 5.69. The zero-order valence-electron chi connectivity index (χ0n) is 15.3. The highest BCUT2D eigenvalue weighted by Crippen LogP contribution is 2.30. The zero-order valence-corrected chi connectivity index (χ0v) is 17.6. The van der Waals surface area contributed by atoms with E-state index in [1.54, 1.807) is 53.8 Å². The number of aromatic nitrogens is 1. The van der Waals surface area contributed by atoms with Gasteiger partial charge in [0.25, 0.3) is 5.91 Å². The minimum absolute atomic E-state index is 0.0763. The van der Waals surface area contributed by atoms with Gasteiger partial charge in [0.1, 0.15) is 24.0 Å². The van der Waals surface area contributed by atoms with Crippen LogP contribution in [0, 0.1) is 18.3 Å². The average Bonchev–Trinajstić information content (AvgIpc) is 3.13. The molecule has 3 rings (SSSR count). The molecule has 8 heteroatoms. The van der Waals surface area contributed by atoms with Crippen molar-refractivity contribution in [2.75, 3.05) is 5.32 Å². The third-order valence-corrected chi connectivity index (χ3v) is 5.26. The topological polar surface area (TPSA) is 75.0 Å². The van der Waals surface area contributed by atoms with E-state index < -0.39 is 5.91 Å². The Balaban J connectivity index is 1.68. The molecule has 0 bridgehead atoms. The van der Waals surface area contributed by atoms with Gasteiger partial charge in [0, 0.05) is 5.38 Å². The van der Waals surface area contributed by atoms with Gasteiger partial charge in [-0.05, 0) is 42.8 Å². The van der Waals surface area contributed by atoms with Gasteiger partial charge in [0.05, 0.1) is 26.4 Å². The van der Waals surface area contributed by atoms with E-state index in [4.69, 9.17) is 27.9 Å². The molecule has 0 spiro atoms. The first-order chi connectivity index (χ1) is 14.0. The van der Waals surface area contributed by atoms with Crippen LogP contribution in [-0.2, 0) is 11.4 Å². The first kappa shape index (κ1) is 20.9. The predicted octanol–water partition coefficient (Wildman–Crippen LogP) is 5.88. The Hall–Kier alpha value is -2.85. The number of carbonyl (C=O) groups is 1. The second-order valence-corrected chi connectivity index (χ2v) is 7.81. The second kappa shape index (κ2) is 9.57. The van der Waals surface area contributed by atoms with E-state index in [2.05, 4.69) is 10.3 Å². The molecule has 0 aliphatic heterocycles. The van der Waals surface area contributed by atoms with Crippen LogP contribution in [0.3, 0.4) is 0 Å². The first-order valence-electron chi connectivity index (χ1n) is 8.47. The lowest BCUT2D eigenvalue weighted by Crippen LogP contribution is -2.14. The smallest absolute Gasteiger partial charge is 0.266 e. The summed E-state index contributed by atoms with van der Waals surface area (Å²) >= 11 is 13.7. The summed E-state index contributed by atoms with van der Waals surface area (Å²) in [7, 11) is 0. The number of halogens is 2. The molecule has 3 aromatic rings. The standard InChI is InChI=1S/C21H15Cl2N3O2S/c1-13-25-16(12-29-13)11-28-17-7-5-14(6-8-17)9-15(10-24)21(27)26-20-18(22)3-2-4-19(20)23/h2-9,12H,11H2,1H3,(H,26,27)/b15-9+. The number of rotatable bonds is 6. The van der Waals surface area contributed by atoms with Crippen LogP contribution in [0.4, 0.5) is 5.69 Å². The van der Waals surface area contributed by atoms with Crippen molar-refractivity contribution in [1.82, 2.24) is 4.98 Å². The number of thiazole rings is 1. The number of ether oxygens (including phenoxy) is 1. The van der Waals surface area contributed by atoms with Crippen molar-refractivity contribution >= 4 is 52.2 Å². The number of anilines is 1. The van der Waals surface area contributed by atoms with Crippen LogP contribution >= 0.6 is 34.5 Å². The van der Waals surface area contributed by atoms with Crippen molar-refractivity contribution in [3.63, 3.8) is 0 Å². The monoisotopic (exact) mass is 443 g/mol. The van der Waals surface area contributed by atoms with Crippen molar-refractivity contribution in [3.05, 3.63) is 79.7 Å². The number of nitrogens with one attached hydrogen (secondary N) is 1. The van der Waals surface area contributed by atoms with Crippen LogP contribution in [0.25, 0.3) is 6.08 Å². The molecular formula is C21H15Cl2N3O2S. The van der Waals surface area contributed by atoms with Gasteiger partial charge in [-0.25, -0.2) is 4.98 Å². The Bertz CT molecular complexity index is 1080. The molecule has 0 unspecified atom stereocenters. The molecule has 1 amide bonds. The van der Waals surface area contributed by atoms with E-state index >= 15 is 0 Å². The first-order valence-corrected chi connectivity index (χ1v) is 10.1. The van der Waals surface area contributed by atoms with Crippen LogP contribution in [0.5, 0.6) is 5.75 Å². The van der Waals surface area contributed by atoms with Crippen LogP contribution in [-0.4, -0.2) is 10.9 Å². The molecule has 2 aromatic carbocycles. The molecule has 1 N–H and O–H groups in total. The third kappa shape index (κ3) is 5.58. The molecule has 146 valence electrons. The lowest BCUT2D eigenvalue weighted by Gasteiger charge is -2.08. The lowest BCUT2D eigenvalue weighted by molar-refractivity contribution is -0.112. The van der Waals surface area contributed by atoms with E-state index in [-0.39, 0.29) is 11.3 Å².